The summed E-state index contributed by atoms with van der Waals surface area (Å²) in [7, 11) is 0. The Hall–Kier alpha value is -3.35. The highest BCUT2D eigenvalue weighted by molar-refractivity contribution is 6.11. The van der Waals surface area contributed by atoms with Crippen molar-refractivity contribution in [1.29, 1.82) is 0 Å². The fraction of sp³-hybridized carbons (Fsp3) is 0.200. The predicted octanol–water partition coefficient (Wildman–Crippen LogP) is 2.17. The molecule has 2 aromatic rings. The van der Waals surface area contributed by atoms with Crippen LogP contribution in [0.5, 0.6) is 0 Å². The van der Waals surface area contributed by atoms with Crippen LogP contribution in [0.15, 0.2) is 48.5 Å². The number of rotatable bonds is 5. The molecule has 0 unspecified atom stereocenters. The van der Waals surface area contributed by atoms with Gasteiger partial charge in [0.2, 0.25) is 11.7 Å². The van der Waals surface area contributed by atoms with E-state index >= 15 is 0 Å². The van der Waals surface area contributed by atoms with Crippen molar-refractivity contribution in [3.8, 4) is 0 Å². The number of ketones is 1. The second kappa shape index (κ2) is 7.49. The second-order valence-corrected chi connectivity index (χ2v) is 6.12. The average Bonchev–Trinajstić information content (AvgIpc) is 2.65. The molecule has 3 rings (SSSR count). The van der Waals surface area contributed by atoms with Gasteiger partial charge in [-0.05, 0) is 42.8 Å². The highest BCUT2D eigenvalue weighted by atomic mass is 19.1. The molecule has 1 atom stereocenters. The van der Waals surface area contributed by atoms with E-state index in [2.05, 4.69) is 0 Å². The Bertz CT molecular complexity index is 922. The third-order valence-electron chi connectivity index (χ3n) is 4.23. The molecular formula is C20H16FNO5. The van der Waals surface area contributed by atoms with Gasteiger partial charge in [-0.3, -0.25) is 24.1 Å². The molecular weight excluding hydrogens is 353 g/mol. The molecule has 0 bridgehead atoms. The summed E-state index contributed by atoms with van der Waals surface area (Å²) >= 11 is 0. The Labute approximate surface area is 154 Å². The van der Waals surface area contributed by atoms with Crippen LogP contribution in [-0.4, -0.2) is 41.1 Å². The van der Waals surface area contributed by atoms with Crippen molar-refractivity contribution in [1.82, 2.24) is 4.90 Å². The normalized spacial score (nSPS) is 14.5. The number of halogens is 1. The number of hydrogen-bond acceptors (Lipinski definition) is 5. The van der Waals surface area contributed by atoms with E-state index in [1.807, 2.05) is 0 Å². The summed E-state index contributed by atoms with van der Waals surface area (Å²) in [5.74, 6) is -2.95. The van der Waals surface area contributed by atoms with Crippen molar-refractivity contribution in [2.75, 3.05) is 6.54 Å². The van der Waals surface area contributed by atoms with Gasteiger partial charge in [0.25, 0.3) is 5.91 Å². The lowest BCUT2D eigenvalue weighted by molar-refractivity contribution is -0.150. The van der Waals surface area contributed by atoms with Gasteiger partial charge in [-0.25, -0.2) is 4.39 Å². The van der Waals surface area contributed by atoms with Crippen molar-refractivity contribution < 1.29 is 28.3 Å². The van der Waals surface area contributed by atoms with Crippen LogP contribution in [0.1, 0.15) is 33.2 Å². The smallest absolute Gasteiger partial charge is 0.326 e. The van der Waals surface area contributed by atoms with Crippen LogP contribution in [0.4, 0.5) is 4.39 Å². The van der Waals surface area contributed by atoms with Gasteiger partial charge in [0.05, 0.1) is 6.42 Å². The Morgan fingerprint density at radius 3 is 2.48 bits per heavy atom. The van der Waals surface area contributed by atoms with E-state index in [1.165, 1.54) is 19.1 Å². The van der Waals surface area contributed by atoms with Gasteiger partial charge in [0.15, 0.2) is 6.10 Å². The minimum absolute atomic E-state index is 0.0132. The highest BCUT2D eigenvalue weighted by Gasteiger charge is 2.33. The number of ether oxygens (including phenoxy) is 1. The van der Waals surface area contributed by atoms with Crippen LogP contribution in [-0.2, 0) is 20.7 Å². The fourth-order valence-corrected chi connectivity index (χ4v) is 2.83. The average molecular weight is 369 g/mol. The first-order valence-electron chi connectivity index (χ1n) is 8.28. The number of fused-ring (bicyclic) bond motifs is 1. The molecule has 0 radical (unpaired) electrons. The van der Waals surface area contributed by atoms with Gasteiger partial charge in [0, 0.05) is 11.1 Å². The molecule has 1 heterocycles. The van der Waals surface area contributed by atoms with Crippen molar-refractivity contribution in [3.05, 3.63) is 71.0 Å². The Morgan fingerprint density at radius 1 is 1.11 bits per heavy atom. The van der Waals surface area contributed by atoms with Gasteiger partial charge in [-0.15, -0.1) is 0 Å². The van der Waals surface area contributed by atoms with Crippen LogP contribution in [0.25, 0.3) is 0 Å². The molecule has 2 amide bonds. The number of Topliss-reactive ketones (excluding diaryl/α,β-unsaturated/α-hetero) is 1. The maximum atomic E-state index is 12.9. The van der Waals surface area contributed by atoms with Gasteiger partial charge >= 0.3 is 5.97 Å². The van der Waals surface area contributed by atoms with Gasteiger partial charge < -0.3 is 4.74 Å². The van der Waals surface area contributed by atoms with Gasteiger partial charge in [-0.2, -0.15) is 0 Å². The van der Waals surface area contributed by atoms with Crippen LogP contribution in [0, 0.1) is 5.82 Å². The summed E-state index contributed by atoms with van der Waals surface area (Å²) in [5.41, 5.74) is 1.16. The number of nitrogens with zero attached hydrogens (tertiary/aromatic N) is 1. The van der Waals surface area contributed by atoms with E-state index in [-0.39, 0.29) is 12.0 Å². The van der Waals surface area contributed by atoms with E-state index < -0.39 is 42.0 Å². The second-order valence-electron chi connectivity index (χ2n) is 6.12. The first kappa shape index (κ1) is 18.4. The Balaban J connectivity index is 1.65. The molecule has 0 N–H and O–H groups in total. The van der Waals surface area contributed by atoms with E-state index in [0.717, 1.165) is 17.0 Å². The lowest BCUT2D eigenvalue weighted by Gasteiger charge is -2.26. The predicted molar refractivity (Wildman–Crippen MR) is 92.5 cm³/mol. The molecule has 138 valence electrons. The van der Waals surface area contributed by atoms with Crippen molar-refractivity contribution in [2.24, 2.45) is 0 Å². The number of amides is 2. The van der Waals surface area contributed by atoms with E-state index in [4.69, 9.17) is 4.74 Å². The summed E-state index contributed by atoms with van der Waals surface area (Å²) in [6, 6.07) is 11.5. The molecule has 2 aromatic carbocycles. The molecule has 0 saturated heterocycles. The van der Waals surface area contributed by atoms with Crippen molar-refractivity contribution in [2.45, 2.75) is 19.4 Å². The van der Waals surface area contributed by atoms with E-state index in [9.17, 15) is 23.6 Å². The molecule has 1 aliphatic heterocycles. The number of esters is 1. The summed E-state index contributed by atoms with van der Waals surface area (Å²) in [4.78, 5) is 49.8. The quantitative estimate of drug-likeness (QED) is 0.458. The lowest BCUT2D eigenvalue weighted by atomic mass is 9.98. The number of benzene rings is 2. The summed E-state index contributed by atoms with van der Waals surface area (Å²) in [6.45, 7) is 0.797. The zero-order chi connectivity index (χ0) is 19.6. The summed E-state index contributed by atoms with van der Waals surface area (Å²) in [6.07, 6.45) is -1.12. The standard InChI is InChI=1S/C20H16FNO5/c1-12(19(25)13-6-8-15(21)9-7-13)27-18(24)11-22-17(23)10-14-4-2-3-5-16(14)20(22)26/h2-9,12H,10-11H2,1H3/t12-/m1/s1. The molecule has 0 fully saturated rings. The zero-order valence-corrected chi connectivity index (χ0v) is 14.5. The highest BCUT2D eigenvalue weighted by Crippen LogP contribution is 2.19. The lowest BCUT2D eigenvalue weighted by Crippen LogP contribution is -2.46. The Morgan fingerprint density at radius 2 is 1.78 bits per heavy atom. The third-order valence-corrected chi connectivity index (χ3v) is 4.23. The van der Waals surface area contributed by atoms with E-state index in [0.29, 0.717) is 11.1 Å². The zero-order valence-electron chi connectivity index (χ0n) is 14.5. The van der Waals surface area contributed by atoms with Gasteiger partial charge in [-0.1, -0.05) is 18.2 Å². The fourth-order valence-electron chi connectivity index (χ4n) is 2.83. The number of carbonyl (C=O) groups is 4. The Kier molecular flexibility index (Phi) is 5.12. The molecule has 27 heavy (non-hydrogen) atoms. The summed E-state index contributed by atoms with van der Waals surface area (Å²) < 4.78 is 18.0. The van der Waals surface area contributed by atoms with Crippen LogP contribution >= 0.6 is 0 Å². The monoisotopic (exact) mass is 369 g/mol. The number of hydrogen-bond donors (Lipinski definition) is 0. The topological polar surface area (TPSA) is 80.8 Å². The first-order valence-corrected chi connectivity index (χ1v) is 8.28. The van der Waals surface area contributed by atoms with Crippen molar-refractivity contribution >= 4 is 23.6 Å². The molecule has 0 aromatic heterocycles. The van der Waals surface area contributed by atoms with Crippen LogP contribution in [0.3, 0.4) is 0 Å². The van der Waals surface area contributed by atoms with Crippen LogP contribution in [0.2, 0.25) is 0 Å². The molecule has 6 nitrogen and oxygen atoms in total. The third kappa shape index (κ3) is 3.92. The van der Waals surface area contributed by atoms with E-state index in [1.54, 1.807) is 24.3 Å². The minimum atomic E-state index is -1.13. The van der Waals surface area contributed by atoms with Gasteiger partial charge in [0.1, 0.15) is 12.4 Å². The number of carbonyl (C=O) groups excluding carboxylic acids is 4. The molecule has 0 spiro atoms. The maximum Gasteiger partial charge on any atom is 0.326 e. The first-order chi connectivity index (χ1) is 12.9. The maximum absolute atomic E-state index is 12.9. The molecule has 1 aliphatic rings. The molecule has 0 aliphatic carbocycles. The summed E-state index contributed by atoms with van der Waals surface area (Å²) in [5, 5.41) is 0. The SMILES string of the molecule is C[C@@H](OC(=O)CN1C(=O)Cc2ccccc2C1=O)C(=O)c1ccc(F)cc1. The largest absolute Gasteiger partial charge is 0.453 e. The van der Waals surface area contributed by atoms with Crippen molar-refractivity contribution in [3.63, 3.8) is 0 Å². The minimum Gasteiger partial charge on any atom is -0.453 e. The molecule has 0 saturated carbocycles. The molecule has 7 heteroatoms. The number of imide groups is 1. The van der Waals surface area contributed by atoms with Crippen LogP contribution < -0.4 is 0 Å².